The minimum Gasteiger partial charge on any atom is -0.497 e. The van der Waals surface area contributed by atoms with Gasteiger partial charge >= 0.3 is 5.97 Å². The van der Waals surface area contributed by atoms with Crippen LogP contribution in [0.5, 0.6) is 11.5 Å². The Morgan fingerprint density at radius 1 is 1.00 bits per heavy atom. The van der Waals surface area contributed by atoms with Crippen LogP contribution in [0.4, 0.5) is 0 Å². The van der Waals surface area contributed by atoms with Crippen LogP contribution in [0.25, 0.3) is 0 Å². The van der Waals surface area contributed by atoms with Crippen molar-refractivity contribution in [1.29, 1.82) is 0 Å². The fourth-order valence-corrected chi connectivity index (χ4v) is 3.12. The van der Waals surface area contributed by atoms with E-state index >= 15 is 0 Å². The number of hydrogen-bond acceptors (Lipinski definition) is 4. The number of ether oxygens (including phenoxy) is 2. The average molecular weight is 355 g/mol. The van der Waals surface area contributed by atoms with E-state index in [1.807, 2.05) is 18.2 Å². The Morgan fingerprint density at radius 2 is 1.54 bits per heavy atom. The molecule has 0 saturated carbocycles. The number of aromatic carboxylic acids is 1. The highest BCUT2D eigenvalue weighted by molar-refractivity contribution is 5.96. The summed E-state index contributed by atoms with van der Waals surface area (Å²) in [6, 6.07) is 11.8. The van der Waals surface area contributed by atoms with Crippen LogP contribution < -0.4 is 9.47 Å². The molecule has 3 rings (SSSR count). The number of carboxylic acid groups (broad SMARTS) is 1. The minimum atomic E-state index is -0.998. The summed E-state index contributed by atoms with van der Waals surface area (Å²) in [6.07, 6.45) is 0.843. The molecule has 0 aromatic heterocycles. The van der Waals surface area contributed by atoms with Crippen molar-refractivity contribution in [3.8, 4) is 11.5 Å². The molecule has 26 heavy (non-hydrogen) atoms. The molecular weight excluding hydrogens is 334 g/mol. The Hall–Kier alpha value is -3.02. The number of amides is 1. The van der Waals surface area contributed by atoms with Crippen LogP contribution in [0.2, 0.25) is 0 Å². The Bertz CT molecular complexity index is 787. The smallest absolute Gasteiger partial charge is 0.335 e. The van der Waals surface area contributed by atoms with Crippen molar-refractivity contribution in [1.82, 2.24) is 4.90 Å². The summed E-state index contributed by atoms with van der Waals surface area (Å²) >= 11 is 0. The largest absolute Gasteiger partial charge is 0.497 e. The van der Waals surface area contributed by atoms with E-state index in [1.54, 1.807) is 31.3 Å². The highest BCUT2D eigenvalue weighted by Crippen LogP contribution is 2.27. The van der Waals surface area contributed by atoms with Crippen LogP contribution in [0.15, 0.2) is 42.5 Å². The minimum absolute atomic E-state index is 0.0681. The highest BCUT2D eigenvalue weighted by atomic mass is 16.5. The van der Waals surface area contributed by atoms with Crippen molar-refractivity contribution in [3.63, 3.8) is 0 Å². The molecule has 0 aliphatic carbocycles. The zero-order chi connectivity index (χ0) is 18.7. The van der Waals surface area contributed by atoms with Gasteiger partial charge in [0.15, 0.2) is 0 Å². The maximum absolute atomic E-state index is 12.4. The number of hydrogen-bond donors (Lipinski definition) is 1. The SMILES string of the molecule is COc1cc(CC2CN(C(=O)c3ccc(C(=O)O)cc3)C2)cc(OC)c1. The molecular formula is C20H21NO5. The second-order valence-corrected chi connectivity index (χ2v) is 6.38. The van der Waals surface area contributed by atoms with Gasteiger partial charge in [-0.15, -0.1) is 0 Å². The van der Waals surface area contributed by atoms with Crippen LogP contribution in [0, 0.1) is 5.92 Å². The first-order valence-electron chi connectivity index (χ1n) is 8.34. The van der Waals surface area contributed by atoms with Gasteiger partial charge in [0.2, 0.25) is 0 Å². The van der Waals surface area contributed by atoms with E-state index in [4.69, 9.17) is 14.6 Å². The van der Waals surface area contributed by atoms with E-state index in [0.29, 0.717) is 24.6 Å². The van der Waals surface area contributed by atoms with Gasteiger partial charge in [-0.25, -0.2) is 4.79 Å². The van der Waals surface area contributed by atoms with Gasteiger partial charge in [-0.2, -0.15) is 0 Å². The Kier molecular flexibility index (Phi) is 5.11. The molecule has 1 amide bonds. The summed E-state index contributed by atoms with van der Waals surface area (Å²) in [7, 11) is 3.25. The van der Waals surface area contributed by atoms with E-state index in [2.05, 4.69) is 0 Å². The number of carboxylic acids is 1. The van der Waals surface area contributed by atoms with Crippen molar-refractivity contribution in [2.75, 3.05) is 27.3 Å². The van der Waals surface area contributed by atoms with Crippen molar-refractivity contribution < 1.29 is 24.2 Å². The molecule has 2 aromatic rings. The second kappa shape index (κ2) is 7.47. The Labute approximate surface area is 152 Å². The summed E-state index contributed by atoms with van der Waals surface area (Å²) in [4.78, 5) is 25.1. The topological polar surface area (TPSA) is 76.1 Å². The van der Waals surface area contributed by atoms with Crippen LogP contribution in [-0.4, -0.2) is 49.2 Å². The number of carbonyl (C=O) groups excluding carboxylic acids is 1. The van der Waals surface area contributed by atoms with E-state index in [9.17, 15) is 9.59 Å². The lowest BCUT2D eigenvalue weighted by molar-refractivity contribution is 0.0500. The molecule has 0 spiro atoms. The fraction of sp³-hybridized carbons (Fsp3) is 0.300. The zero-order valence-corrected chi connectivity index (χ0v) is 14.8. The summed E-state index contributed by atoms with van der Waals surface area (Å²) in [5.74, 6) is 0.826. The van der Waals surface area contributed by atoms with E-state index in [0.717, 1.165) is 23.5 Å². The number of methoxy groups -OCH3 is 2. The molecule has 1 N–H and O–H groups in total. The zero-order valence-electron chi connectivity index (χ0n) is 14.8. The van der Waals surface area contributed by atoms with E-state index in [1.165, 1.54) is 12.1 Å². The van der Waals surface area contributed by atoms with Crippen LogP contribution >= 0.6 is 0 Å². The second-order valence-electron chi connectivity index (χ2n) is 6.38. The normalized spacial score (nSPS) is 13.8. The molecule has 1 aliphatic rings. The van der Waals surface area contributed by atoms with Gasteiger partial charge < -0.3 is 19.5 Å². The quantitative estimate of drug-likeness (QED) is 0.862. The van der Waals surface area contributed by atoms with E-state index in [-0.39, 0.29) is 11.5 Å². The highest BCUT2D eigenvalue weighted by Gasteiger charge is 2.31. The van der Waals surface area contributed by atoms with Gasteiger partial charge in [-0.3, -0.25) is 4.79 Å². The number of likely N-dealkylation sites (tertiary alicyclic amines) is 1. The van der Waals surface area contributed by atoms with E-state index < -0.39 is 5.97 Å². The number of carbonyl (C=O) groups is 2. The first kappa shape index (κ1) is 17.8. The predicted octanol–water partition coefficient (Wildman–Crippen LogP) is 2.72. The molecule has 0 unspecified atom stereocenters. The molecule has 6 heteroatoms. The number of rotatable bonds is 6. The summed E-state index contributed by atoms with van der Waals surface area (Å²) < 4.78 is 10.6. The van der Waals surface area contributed by atoms with Crippen LogP contribution in [-0.2, 0) is 6.42 Å². The average Bonchev–Trinajstić information content (AvgIpc) is 2.63. The lowest BCUT2D eigenvalue weighted by Crippen LogP contribution is -2.50. The first-order valence-corrected chi connectivity index (χ1v) is 8.34. The molecule has 1 aliphatic heterocycles. The molecule has 0 bridgehead atoms. The lowest BCUT2D eigenvalue weighted by Gasteiger charge is -2.39. The van der Waals surface area contributed by atoms with Gasteiger partial charge in [0.1, 0.15) is 11.5 Å². The Balaban J connectivity index is 1.58. The maximum atomic E-state index is 12.4. The lowest BCUT2D eigenvalue weighted by atomic mass is 9.91. The molecule has 1 saturated heterocycles. The third-order valence-electron chi connectivity index (χ3n) is 4.56. The number of benzene rings is 2. The number of nitrogens with zero attached hydrogens (tertiary/aromatic N) is 1. The molecule has 1 fully saturated rings. The molecule has 6 nitrogen and oxygen atoms in total. The monoisotopic (exact) mass is 355 g/mol. The summed E-state index contributed by atoms with van der Waals surface area (Å²) in [6.45, 7) is 1.36. The molecule has 0 atom stereocenters. The standard InChI is InChI=1S/C20H21NO5/c1-25-17-8-13(9-18(10-17)26-2)7-14-11-21(12-14)19(22)15-3-5-16(6-4-15)20(23)24/h3-6,8-10,14H,7,11-12H2,1-2H3,(H,23,24). The van der Waals surface area contributed by atoms with Crippen molar-refractivity contribution in [2.24, 2.45) is 5.92 Å². The molecule has 2 aromatic carbocycles. The van der Waals surface area contributed by atoms with Gasteiger partial charge in [0.05, 0.1) is 19.8 Å². The maximum Gasteiger partial charge on any atom is 0.335 e. The molecule has 0 radical (unpaired) electrons. The molecule has 1 heterocycles. The summed E-state index contributed by atoms with van der Waals surface area (Å²) in [5, 5.41) is 8.92. The van der Waals surface area contributed by atoms with Gasteiger partial charge in [0, 0.05) is 24.7 Å². The fourth-order valence-electron chi connectivity index (χ4n) is 3.12. The van der Waals surface area contributed by atoms with Crippen molar-refractivity contribution >= 4 is 11.9 Å². The summed E-state index contributed by atoms with van der Waals surface area (Å²) in [5.41, 5.74) is 1.80. The van der Waals surface area contributed by atoms with Gasteiger partial charge in [-0.1, -0.05) is 0 Å². The van der Waals surface area contributed by atoms with Crippen molar-refractivity contribution in [3.05, 3.63) is 59.2 Å². The first-order chi connectivity index (χ1) is 12.5. The van der Waals surface area contributed by atoms with Gasteiger partial charge in [-0.05, 0) is 54.3 Å². The Morgan fingerprint density at radius 3 is 2.04 bits per heavy atom. The molecule has 136 valence electrons. The van der Waals surface area contributed by atoms with Crippen molar-refractivity contribution in [2.45, 2.75) is 6.42 Å². The predicted molar refractivity (Wildman–Crippen MR) is 96.0 cm³/mol. The van der Waals surface area contributed by atoms with Gasteiger partial charge in [0.25, 0.3) is 5.91 Å². The van der Waals surface area contributed by atoms with Crippen LogP contribution in [0.3, 0.4) is 0 Å². The third kappa shape index (κ3) is 3.79. The third-order valence-corrected chi connectivity index (χ3v) is 4.56. The van der Waals surface area contributed by atoms with Crippen LogP contribution in [0.1, 0.15) is 26.3 Å².